The number of carbonyl (C=O) groups excluding carboxylic acids is 1. The highest BCUT2D eigenvalue weighted by Gasteiger charge is 2.21. The Morgan fingerprint density at radius 1 is 1.25 bits per heavy atom. The topological polar surface area (TPSA) is 124 Å². The van der Waals surface area contributed by atoms with Crippen LogP contribution in [0.5, 0.6) is 5.75 Å². The molecule has 0 aliphatic carbocycles. The molecule has 1 amide bonds. The third kappa shape index (κ3) is 4.26. The van der Waals surface area contributed by atoms with Crippen LogP contribution in [0.15, 0.2) is 49.1 Å². The van der Waals surface area contributed by atoms with Crippen LogP contribution in [0.4, 0.5) is 5.69 Å². The first kappa shape index (κ1) is 21.3. The van der Waals surface area contributed by atoms with Gasteiger partial charge in [-0.1, -0.05) is 11.6 Å². The molecule has 32 heavy (non-hydrogen) atoms. The summed E-state index contributed by atoms with van der Waals surface area (Å²) in [6.45, 7) is 0.325. The van der Waals surface area contributed by atoms with E-state index in [1.807, 2.05) is 0 Å². The van der Waals surface area contributed by atoms with E-state index in [0.717, 1.165) is 0 Å². The highest BCUT2D eigenvalue weighted by molar-refractivity contribution is 6.31. The largest absolute Gasteiger partial charge is 0.496 e. The van der Waals surface area contributed by atoms with Crippen LogP contribution in [0.3, 0.4) is 0 Å². The van der Waals surface area contributed by atoms with E-state index >= 15 is 0 Å². The number of carboxylic acids is 1. The van der Waals surface area contributed by atoms with E-state index in [9.17, 15) is 9.59 Å². The van der Waals surface area contributed by atoms with Gasteiger partial charge in [-0.3, -0.25) is 14.3 Å². The van der Waals surface area contributed by atoms with Crippen molar-refractivity contribution in [3.63, 3.8) is 0 Å². The lowest BCUT2D eigenvalue weighted by atomic mass is 10.1. The number of fused-ring (bicyclic) bond motifs is 1. The van der Waals surface area contributed by atoms with E-state index in [2.05, 4.69) is 20.5 Å². The molecule has 2 N–H and O–H groups in total. The van der Waals surface area contributed by atoms with Crippen LogP contribution in [-0.2, 0) is 11.3 Å². The van der Waals surface area contributed by atoms with E-state index < -0.39 is 11.9 Å². The molecule has 0 saturated heterocycles. The molecule has 3 aromatic heterocycles. The van der Waals surface area contributed by atoms with Gasteiger partial charge in [-0.2, -0.15) is 10.2 Å². The number of nitrogens with zero attached hydrogens (tertiary/aromatic N) is 5. The molecule has 0 bridgehead atoms. The Labute approximate surface area is 187 Å². The Kier molecular flexibility index (Phi) is 6.04. The number of aromatic nitrogens is 5. The lowest BCUT2D eigenvalue weighted by molar-refractivity contribution is -0.137. The molecule has 0 spiro atoms. The first-order valence-corrected chi connectivity index (χ1v) is 10.1. The van der Waals surface area contributed by atoms with Gasteiger partial charge in [0.25, 0.3) is 5.91 Å². The number of methoxy groups -OCH3 is 1. The fraction of sp³-hybridized carbons (Fsp3) is 0.190. The summed E-state index contributed by atoms with van der Waals surface area (Å²) in [5.74, 6) is -0.776. The molecule has 1 aromatic carbocycles. The molecule has 4 rings (SSSR count). The van der Waals surface area contributed by atoms with Crippen LogP contribution in [0.25, 0.3) is 16.9 Å². The maximum absolute atomic E-state index is 13.0. The van der Waals surface area contributed by atoms with Crippen molar-refractivity contribution in [3.8, 4) is 17.0 Å². The number of halogens is 1. The number of amides is 1. The minimum Gasteiger partial charge on any atom is -0.496 e. The number of aryl methyl sites for hydroxylation is 1. The Morgan fingerprint density at radius 3 is 2.88 bits per heavy atom. The molecular formula is C21H19ClN6O4. The van der Waals surface area contributed by atoms with E-state index in [1.165, 1.54) is 24.0 Å². The molecule has 0 fully saturated rings. The smallest absolute Gasteiger partial charge is 0.303 e. The lowest BCUT2D eigenvalue weighted by Gasteiger charge is -2.14. The molecule has 0 unspecified atom stereocenters. The van der Waals surface area contributed by atoms with Gasteiger partial charge in [-0.15, -0.1) is 0 Å². The Hall–Kier alpha value is -3.92. The van der Waals surface area contributed by atoms with Crippen LogP contribution in [-0.4, -0.2) is 48.5 Å². The van der Waals surface area contributed by atoms with Gasteiger partial charge in [0.2, 0.25) is 0 Å². The number of nitrogens with one attached hydrogen (secondary N) is 1. The Morgan fingerprint density at radius 2 is 2.09 bits per heavy atom. The Bertz CT molecular complexity index is 1300. The second kappa shape index (κ2) is 9.06. The summed E-state index contributed by atoms with van der Waals surface area (Å²) in [4.78, 5) is 28.2. The zero-order chi connectivity index (χ0) is 22.7. The summed E-state index contributed by atoms with van der Waals surface area (Å²) < 4.78 is 8.61. The minimum atomic E-state index is -0.895. The summed E-state index contributed by atoms with van der Waals surface area (Å²) in [5.41, 5.74) is 2.30. The van der Waals surface area contributed by atoms with Crippen molar-refractivity contribution in [1.82, 2.24) is 24.4 Å². The number of carbonyl (C=O) groups is 2. The van der Waals surface area contributed by atoms with E-state index in [0.29, 0.717) is 51.9 Å². The van der Waals surface area contributed by atoms with E-state index in [4.69, 9.17) is 21.4 Å². The number of benzene rings is 1. The molecule has 0 aliphatic rings. The zero-order valence-corrected chi connectivity index (χ0v) is 17.8. The molecule has 11 heteroatoms. The number of ether oxygens (including phenoxy) is 1. The molecule has 0 radical (unpaired) electrons. The number of hydrogen-bond donors (Lipinski definition) is 2. The number of rotatable bonds is 8. The number of aliphatic carboxylic acids is 1. The molecule has 0 atom stereocenters. The van der Waals surface area contributed by atoms with Gasteiger partial charge in [-0.05, 0) is 30.7 Å². The molecule has 4 aromatic rings. The summed E-state index contributed by atoms with van der Waals surface area (Å²) in [6, 6.07) is 6.83. The fourth-order valence-electron chi connectivity index (χ4n) is 3.35. The van der Waals surface area contributed by atoms with Crippen LogP contribution in [0, 0.1) is 0 Å². The van der Waals surface area contributed by atoms with Gasteiger partial charge in [0, 0.05) is 35.9 Å². The predicted molar refractivity (Wildman–Crippen MR) is 117 cm³/mol. The average molecular weight is 455 g/mol. The van der Waals surface area contributed by atoms with E-state index in [-0.39, 0.29) is 6.42 Å². The second-order valence-electron chi connectivity index (χ2n) is 6.87. The van der Waals surface area contributed by atoms with Gasteiger partial charge in [0.15, 0.2) is 5.65 Å². The van der Waals surface area contributed by atoms with Crippen LogP contribution < -0.4 is 10.1 Å². The third-order valence-electron chi connectivity index (χ3n) is 4.79. The molecule has 3 heterocycles. The average Bonchev–Trinajstić information content (AvgIpc) is 3.37. The molecule has 0 saturated carbocycles. The maximum Gasteiger partial charge on any atom is 0.303 e. The van der Waals surface area contributed by atoms with Crippen molar-refractivity contribution in [1.29, 1.82) is 0 Å². The van der Waals surface area contributed by atoms with Crippen molar-refractivity contribution >= 4 is 34.8 Å². The lowest BCUT2D eigenvalue weighted by Crippen LogP contribution is -2.13. The van der Waals surface area contributed by atoms with Crippen molar-refractivity contribution < 1.29 is 19.4 Å². The Balaban J connectivity index is 1.73. The van der Waals surface area contributed by atoms with Gasteiger partial charge in [0.1, 0.15) is 11.3 Å². The maximum atomic E-state index is 13.0. The highest BCUT2D eigenvalue weighted by Crippen LogP contribution is 2.37. The quantitative estimate of drug-likeness (QED) is 0.418. The van der Waals surface area contributed by atoms with Gasteiger partial charge < -0.3 is 15.2 Å². The molecule has 0 aliphatic heterocycles. The van der Waals surface area contributed by atoms with Gasteiger partial charge >= 0.3 is 5.97 Å². The van der Waals surface area contributed by atoms with Gasteiger partial charge in [-0.25, -0.2) is 9.50 Å². The molecule has 10 nitrogen and oxygen atoms in total. The number of anilines is 1. The van der Waals surface area contributed by atoms with Crippen molar-refractivity contribution in [2.75, 3.05) is 12.4 Å². The molecular weight excluding hydrogens is 436 g/mol. The monoisotopic (exact) mass is 454 g/mol. The second-order valence-corrected chi connectivity index (χ2v) is 7.31. The van der Waals surface area contributed by atoms with Crippen molar-refractivity contribution in [3.05, 3.63) is 59.6 Å². The minimum absolute atomic E-state index is 0.0122. The van der Waals surface area contributed by atoms with Crippen molar-refractivity contribution in [2.24, 2.45) is 0 Å². The summed E-state index contributed by atoms with van der Waals surface area (Å²) in [5, 5.41) is 20.8. The molecule has 164 valence electrons. The summed E-state index contributed by atoms with van der Waals surface area (Å²) >= 11 is 6.22. The number of hydrogen-bond acceptors (Lipinski definition) is 6. The van der Waals surface area contributed by atoms with Crippen LogP contribution in [0.2, 0.25) is 5.02 Å². The SMILES string of the molecule is COc1ccc(Cl)cc1-c1c(NC(=O)c2cnn3cccnc23)cnn1CCCC(=O)O. The first-order chi connectivity index (χ1) is 15.5. The standard InChI is InChI=1S/C21H19ClN6O4/c1-32-17-6-5-13(22)10-14(17)19-16(12-25-27(19)8-2-4-18(29)30)26-21(31)15-11-24-28-9-3-7-23-20(15)28/h3,5-7,9-12H,2,4,8H2,1H3,(H,26,31)(H,29,30). The van der Waals surface area contributed by atoms with Gasteiger partial charge in [0.05, 0.1) is 30.9 Å². The van der Waals surface area contributed by atoms with Crippen LogP contribution in [0.1, 0.15) is 23.2 Å². The number of carboxylic acid groups (broad SMARTS) is 1. The summed E-state index contributed by atoms with van der Waals surface area (Å²) in [7, 11) is 1.53. The van der Waals surface area contributed by atoms with Crippen LogP contribution >= 0.6 is 11.6 Å². The fourth-order valence-corrected chi connectivity index (χ4v) is 3.52. The normalized spacial score (nSPS) is 10.9. The zero-order valence-electron chi connectivity index (χ0n) is 17.0. The van der Waals surface area contributed by atoms with Crippen molar-refractivity contribution in [2.45, 2.75) is 19.4 Å². The first-order valence-electron chi connectivity index (χ1n) is 9.69. The third-order valence-corrected chi connectivity index (χ3v) is 5.02. The predicted octanol–water partition coefficient (Wildman–Crippen LogP) is 3.37. The van der Waals surface area contributed by atoms with E-state index in [1.54, 1.807) is 41.3 Å². The summed E-state index contributed by atoms with van der Waals surface area (Å²) in [6.07, 6.45) is 6.57. The highest BCUT2D eigenvalue weighted by atomic mass is 35.5.